The van der Waals surface area contributed by atoms with Gasteiger partial charge in [0.1, 0.15) is 0 Å². The van der Waals surface area contributed by atoms with E-state index in [-0.39, 0.29) is 0 Å². The molecule has 1 saturated heterocycles. The van der Waals surface area contributed by atoms with Crippen molar-refractivity contribution in [2.75, 3.05) is 20.1 Å². The molecular formula is C11H22N2. The maximum absolute atomic E-state index is 4.01. The predicted molar refractivity (Wildman–Crippen MR) is 57.3 cm³/mol. The minimum atomic E-state index is 0.799. The first-order valence-corrected chi connectivity index (χ1v) is 5.26. The SMILES string of the molecule is C=C(NC)N1CCCC(C(C)C)C1. The molecule has 0 saturated carbocycles. The molecule has 1 aliphatic heterocycles. The van der Waals surface area contributed by atoms with Gasteiger partial charge in [-0.1, -0.05) is 20.4 Å². The van der Waals surface area contributed by atoms with Crippen LogP contribution in [-0.4, -0.2) is 25.0 Å². The number of likely N-dealkylation sites (tertiary alicyclic amines) is 1. The lowest BCUT2D eigenvalue weighted by atomic mass is 9.88. The summed E-state index contributed by atoms with van der Waals surface area (Å²) in [6.07, 6.45) is 2.69. The highest BCUT2D eigenvalue weighted by atomic mass is 15.2. The Labute approximate surface area is 82.0 Å². The number of nitrogens with zero attached hydrogens (tertiary/aromatic N) is 1. The van der Waals surface area contributed by atoms with Gasteiger partial charge in [0.25, 0.3) is 0 Å². The van der Waals surface area contributed by atoms with Gasteiger partial charge >= 0.3 is 0 Å². The largest absolute Gasteiger partial charge is 0.375 e. The van der Waals surface area contributed by atoms with Crippen molar-refractivity contribution in [1.82, 2.24) is 10.2 Å². The third-order valence-electron chi connectivity index (χ3n) is 3.07. The van der Waals surface area contributed by atoms with Gasteiger partial charge < -0.3 is 10.2 Å². The van der Waals surface area contributed by atoms with E-state index < -0.39 is 0 Å². The van der Waals surface area contributed by atoms with Gasteiger partial charge in [0.2, 0.25) is 0 Å². The zero-order valence-electron chi connectivity index (χ0n) is 9.14. The molecule has 76 valence electrons. The summed E-state index contributed by atoms with van der Waals surface area (Å²) in [5.74, 6) is 2.72. The third-order valence-corrected chi connectivity index (χ3v) is 3.07. The highest BCUT2D eigenvalue weighted by molar-refractivity contribution is 4.93. The molecule has 0 aromatic carbocycles. The zero-order valence-corrected chi connectivity index (χ0v) is 9.14. The van der Waals surface area contributed by atoms with E-state index in [2.05, 4.69) is 30.6 Å². The van der Waals surface area contributed by atoms with E-state index in [4.69, 9.17) is 0 Å². The lowest BCUT2D eigenvalue weighted by Crippen LogP contribution is -2.39. The van der Waals surface area contributed by atoms with Gasteiger partial charge in [0.05, 0.1) is 5.82 Å². The molecular weight excluding hydrogens is 160 g/mol. The highest BCUT2D eigenvalue weighted by Crippen LogP contribution is 2.24. The molecule has 0 spiro atoms. The fourth-order valence-corrected chi connectivity index (χ4v) is 1.96. The third kappa shape index (κ3) is 2.64. The van der Waals surface area contributed by atoms with E-state index in [0.29, 0.717) is 0 Å². The lowest BCUT2D eigenvalue weighted by Gasteiger charge is -2.37. The first-order valence-electron chi connectivity index (χ1n) is 5.26. The fraction of sp³-hybridized carbons (Fsp3) is 0.818. The summed E-state index contributed by atoms with van der Waals surface area (Å²) < 4.78 is 0. The fourth-order valence-electron chi connectivity index (χ4n) is 1.96. The summed E-state index contributed by atoms with van der Waals surface area (Å²) in [6, 6.07) is 0. The quantitative estimate of drug-likeness (QED) is 0.718. The number of piperidine rings is 1. The van der Waals surface area contributed by atoms with Gasteiger partial charge in [0.15, 0.2) is 0 Å². The van der Waals surface area contributed by atoms with Crippen LogP contribution >= 0.6 is 0 Å². The molecule has 0 bridgehead atoms. The molecule has 1 unspecified atom stereocenters. The summed E-state index contributed by atoms with van der Waals surface area (Å²) in [5, 5.41) is 3.13. The molecule has 0 amide bonds. The maximum atomic E-state index is 4.01. The van der Waals surface area contributed by atoms with Crippen molar-refractivity contribution >= 4 is 0 Å². The molecule has 1 N–H and O–H groups in total. The summed E-state index contributed by atoms with van der Waals surface area (Å²) in [5.41, 5.74) is 0. The van der Waals surface area contributed by atoms with Crippen LogP contribution in [0.25, 0.3) is 0 Å². The molecule has 1 heterocycles. The Hall–Kier alpha value is -0.660. The Balaban J connectivity index is 2.46. The normalized spacial score (nSPS) is 23.4. The molecule has 0 radical (unpaired) electrons. The van der Waals surface area contributed by atoms with Crippen molar-refractivity contribution in [2.24, 2.45) is 11.8 Å². The lowest BCUT2D eigenvalue weighted by molar-refractivity contribution is 0.173. The van der Waals surface area contributed by atoms with Gasteiger partial charge in [0, 0.05) is 20.1 Å². The van der Waals surface area contributed by atoms with E-state index in [0.717, 1.165) is 17.7 Å². The van der Waals surface area contributed by atoms with Crippen molar-refractivity contribution in [2.45, 2.75) is 26.7 Å². The monoisotopic (exact) mass is 182 g/mol. The molecule has 0 aromatic rings. The Kier molecular flexibility index (Phi) is 3.64. The van der Waals surface area contributed by atoms with Gasteiger partial charge in [-0.3, -0.25) is 0 Å². The van der Waals surface area contributed by atoms with Gasteiger partial charge in [-0.25, -0.2) is 0 Å². The molecule has 2 nitrogen and oxygen atoms in total. The average Bonchev–Trinajstić information content (AvgIpc) is 2.17. The highest BCUT2D eigenvalue weighted by Gasteiger charge is 2.22. The number of nitrogens with one attached hydrogen (secondary N) is 1. The van der Waals surface area contributed by atoms with E-state index >= 15 is 0 Å². The first-order chi connectivity index (χ1) is 6.15. The second-order valence-electron chi connectivity index (χ2n) is 4.29. The average molecular weight is 182 g/mol. The number of hydrogen-bond acceptors (Lipinski definition) is 2. The van der Waals surface area contributed by atoms with E-state index in [1.165, 1.54) is 25.9 Å². The smallest absolute Gasteiger partial charge is 0.0936 e. The van der Waals surface area contributed by atoms with Crippen LogP contribution in [0, 0.1) is 11.8 Å². The summed E-state index contributed by atoms with van der Waals surface area (Å²) >= 11 is 0. The molecule has 1 rings (SSSR count). The van der Waals surface area contributed by atoms with Crippen molar-refractivity contribution in [3.05, 3.63) is 12.4 Å². The van der Waals surface area contributed by atoms with Crippen molar-refractivity contribution in [1.29, 1.82) is 0 Å². The Morgan fingerprint density at radius 2 is 2.23 bits per heavy atom. The van der Waals surface area contributed by atoms with Crippen LogP contribution in [0.4, 0.5) is 0 Å². The minimum Gasteiger partial charge on any atom is -0.375 e. The van der Waals surface area contributed by atoms with Gasteiger partial charge in [-0.05, 0) is 24.7 Å². The van der Waals surface area contributed by atoms with Crippen molar-refractivity contribution in [3.8, 4) is 0 Å². The van der Waals surface area contributed by atoms with Crippen molar-refractivity contribution < 1.29 is 0 Å². The second-order valence-corrected chi connectivity index (χ2v) is 4.29. The Morgan fingerprint density at radius 1 is 1.54 bits per heavy atom. The van der Waals surface area contributed by atoms with Gasteiger partial charge in [-0.2, -0.15) is 0 Å². The predicted octanol–water partition coefficient (Wildman–Crippen LogP) is 2.04. The Morgan fingerprint density at radius 3 is 2.77 bits per heavy atom. The Bertz CT molecular complexity index is 175. The van der Waals surface area contributed by atoms with Crippen LogP contribution in [0.5, 0.6) is 0 Å². The molecule has 1 aliphatic rings. The van der Waals surface area contributed by atoms with Crippen LogP contribution in [0.1, 0.15) is 26.7 Å². The maximum Gasteiger partial charge on any atom is 0.0936 e. The van der Waals surface area contributed by atoms with Crippen LogP contribution in [0.15, 0.2) is 12.4 Å². The molecule has 1 fully saturated rings. The standard InChI is InChI=1S/C11H22N2/c1-9(2)11-6-5-7-13(8-11)10(3)12-4/h9,11-12H,3,5-8H2,1-2,4H3. The van der Waals surface area contributed by atoms with Crippen LogP contribution in [0.3, 0.4) is 0 Å². The van der Waals surface area contributed by atoms with Gasteiger partial charge in [-0.15, -0.1) is 0 Å². The van der Waals surface area contributed by atoms with E-state index in [1.54, 1.807) is 0 Å². The van der Waals surface area contributed by atoms with Crippen LogP contribution in [0.2, 0.25) is 0 Å². The van der Waals surface area contributed by atoms with E-state index in [9.17, 15) is 0 Å². The zero-order chi connectivity index (χ0) is 9.84. The topological polar surface area (TPSA) is 15.3 Å². The molecule has 13 heavy (non-hydrogen) atoms. The van der Waals surface area contributed by atoms with E-state index in [1.807, 2.05) is 7.05 Å². The summed E-state index contributed by atoms with van der Waals surface area (Å²) in [7, 11) is 1.95. The minimum absolute atomic E-state index is 0.799. The van der Waals surface area contributed by atoms with Crippen LogP contribution < -0.4 is 5.32 Å². The summed E-state index contributed by atoms with van der Waals surface area (Å²) in [6.45, 7) is 11.0. The van der Waals surface area contributed by atoms with Crippen molar-refractivity contribution in [3.63, 3.8) is 0 Å². The molecule has 0 aliphatic carbocycles. The van der Waals surface area contributed by atoms with Crippen LogP contribution in [-0.2, 0) is 0 Å². The number of hydrogen-bond donors (Lipinski definition) is 1. The molecule has 2 heteroatoms. The first kappa shape index (κ1) is 10.4. The molecule has 0 aromatic heterocycles. The number of rotatable bonds is 3. The second kappa shape index (κ2) is 4.54. The summed E-state index contributed by atoms with van der Waals surface area (Å²) in [4.78, 5) is 2.37. The molecule has 1 atom stereocenters.